The van der Waals surface area contributed by atoms with Crippen molar-refractivity contribution < 1.29 is 0 Å². The molecule has 0 bridgehead atoms. The van der Waals surface area contributed by atoms with Crippen LogP contribution in [-0.2, 0) is 6.42 Å². The number of nitrogens with zero attached hydrogens (tertiary/aromatic N) is 2. The van der Waals surface area contributed by atoms with E-state index in [-0.39, 0.29) is 0 Å². The maximum absolute atomic E-state index is 4.80. The minimum Gasteiger partial charge on any atom is -0.317 e. The zero-order chi connectivity index (χ0) is 14.4. The van der Waals surface area contributed by atoms with E-state index in [1.807, 2.05) is 0 Å². The molecule has 20 heavy (non-hydrogen) atoms. The quantitative estimate of drug-likeness (QED) is 0.771. The van der Waals surface area contributed by atoms with Crippen molar-refractivity contribution in [1.29, 1.82) is 0 Å². The highest BCUT2D eigenvalue weighted by molar-refractivity contribution is 5.25. The van der Waals surface area contributed by atoms with E-state index in [9.17, 15) is 0 Å². The van der Waals surface area contributed by atoms with Gasteiger partial charge in [-0.05, 0) is 64.6 Å². The Labute approximate surface area is 123 Å². The van der Waals surface area contributed by atoms with Gasteiger partial charge in [-0.25, -0.2) is 9.97 Å². The topological polar surface area (TPSA) is 37.8 Å². The summed E-state index contributed by atoms with van der Waals surface area (Å²) in [5, 5.41) is 3.46. The number of hydrogen-bond acceptors (Lipinski definition) is 3. The molecule has 0 atom stereocenters. The Morgan fingerprint density at radius 3 is 2.30 bits per heavy atom. The van der Waals surface area contributed by atoms with Gasteiger partial charge >= 0.3 is 0 Å². The summed E-state index contributed by atoms with van der Waals surface area (Å²) < 4.78 is 0. The Morgan fingerprint density at radius 1 is 1.05 bits per heavy atom. The van der Waals surface area contributed by atoms with Gasteiger partial charge in [0, 0.05) is 17.3 Å². The van der Waals surface area contributed by atoms with Crippen molar-refractivity contribution in [3.05, 3.63) is 22.8 Å². The van der Waals surface area contributed by atoms with Gasteiger partial charge in [-0.2, -0.15) is 0 Å². The van der Waals surface area contributed by atoms with E-state index in [1.165, 1.54) is 55.5 Å². The molecule has 3 nitrogen and oxygen atoms in total. The first-order valence-electron chi connectivity index (χ1n) is 8.27. The molecule has 1 fully saturated rings. The van der Waals surface area contributed by atoms with Crippen LogP contribution in [0.4, 0.5) is 0 Å². The molecule has 0 unspecified atom stereocenters. The summed E-state index contributed by atoms with van der Waals surface area (Å²) in [6, 6.07) is 0. The molecule has 2 rings (SSSR count). The third-order valence-electron chi connectivity index (χ3n) is 4.37. The molecule has 1 aromatic rings. The third-order valence-corrected chi connectivity index (χ3v) is 4.37. The highest BCUT2D eigenvalue weighted by atomic mass is 14.9. The van der Waals surface area contributed by atoms with E-state index >= 15 is 0 Å². The number of aryl methyl sites for hydroxylation is 2. The van der Waals surface area contributed by atoms with Gasteiger partial charge in [0.1, 0.15) is 5.82 Å². The van der Waals surface area contributed by atoms with Crippen LogP contribution >= 0.6 is 0 Å². The van der Waals surface area contributed by atoms with Gasteiger partial charge in [0.2, 0.25) is 0 Å². The highest BCUT2D eigenvalue weighted by Gasteiger charge is 2.21. The average molecular weight is 275 g/mol. The van der Waals surface area contributed by atoms with Crippen LogP contribution in [0.2, 0.25) is 0 Å². The zero-order valence-corrected chi connectivity index (χ0v) is 13.3. The molecule has 1 aromatic heterocycles. The predicted octanol–water partition coefficient (Wildman–Crippen LogP) is 3.68. The molecule has 0 aromatic carbocycles. The molecular formula is C17H29N3. The molecule has 1 aliphatic rings. The van der Waals surface area contributed by atoms with Gasteiger partial charge in [-0.3, -0.25) is 0 Å². The van der Waals surface area contributed by atoms with Gasteiger partial charge in [-0.1, -0.05) is 19.8 Å². The first-order chi connectivity index (χ1) is 9.72. The fourth-order valence-electron chi connectivity index (χ4n) is 3.19. The fourth-order valence-corrected chi connectivity index (χ4v) is 3.19. The fraction of sp³-hybridized carbons (Fsp3) is 0.765. The molecule has 0 amide bonds. The Morgan fingerprint density at radius 2 is 1.70 bits per heavy atom. The second-order valence-corrected chi connectivity index (χ2v) is 6.07. The number of nitrogens with one attached hydrogen (secondary N) is 1. The normalized spacial score (nSPS) is 15.9. The van der Waals surface area contributed by atoms with Crippen molar-refractivity contribution in [3.8, 4) is 0 Å². The summed E-state index contributed by atoms with van der Waals surface area (Å²) in [7, 11) is 0. The molecule has 3 heteroatoms. The standard InChI is InChI=1S/C17H29N3/c1-4-11-18-12-7-10-16-13(2)19-17(20-14(16)3)15-8-5-6-9-15/h15,18H,4-12H2,1-3H3. The Hall–Kier alpha value is -0.960. The first-order valence-corrected chi connectivity index (χ1v) is 8.27. The van der Waals surface area contributed by atoms with Crippen LogP contribution in [0.15, 0.2) is 0 Å². The molecule has 0 radical (unpaired) electrons. The smallest absolute Gasteiger partial charge is 0.131 e. The van der Waals surface area contributed by atoms with E-state index in [4.69, 9.17) is 9.97 Å². The van der Waals surface area contributed by atoms with Crippen molar-refractivity contribution in [1.82, 2.24) is 15.3 Å². The van der Waals surface area contributed by atoms with E-state index < -0.39 is 0 Å². The Balaban J connectivity index is 1.95. The van der Waals surface area contributed by atoms with Gasteiger partial charge < -0.3 is 5.32 Å². The van der Waals surface area contributed by atoms with Crippen LogP contribution in [0.1, 0.15) is 74.1 Å². The van der Waals surface area contributed by atoms with Crippen molar-refractivity contribution in [2.45, 2.75) is 71.6 Å². The van der Waals surface area contributed by atoms with E-state index in [2.05, 4.69) is 26.1 Å². The summed E-state index contributed by atoms with van der Waals surface area (Å²) in [6.07, 6.45) is 8.72. The van der Waals surface area contributed by atoms with Crippen molar-refractivity contribution >= 4 is 0 Å². The summed E-state index contributed by atoms with van der Waals surface area (Å²) in [4.78, 5) is 9.60. The van der Waals surface area contributed by atoms with Crippen LogP contribution in [0.25, 0.3) is 0 Å². The lowest BCUT2D eigenvalue weighted by molar-refractivity contribution is 0.628. The molecule has 1 N–H and O–H groups in total. The molecule has 0 aliphatic heterocycles. The van der Waals surface area contributed by atoms with Crippen LogP contribution < -0.4 is 5.32 Å². The minimum absolute atomic E-state index is 0.618. The lowest BCUT2D eigenvalue weighted by Crippen LogP contribution is -2.17. The number of hydrogen-bond donors (Lipinski definition) is 1. The molecule has 1 saturated carbocycles. The van der Waals surface area contributed by atoms with Gasteiger partial charge in [0.25, 0.3) is 0 Å². The van der Waals surface area contributed by atoms with E-state index in [1.54, 1.807) is 0 Å². The van der Waals surface area contributed by atoms with Crippen LogP contribution in [0, 0.1) is 13.8 Å². The van der Waals surface area contributed by atoms with Crippen molar-refractivity contribution in [2.24, 2.45) is 0 Å². The predicted molar refractivity (Wildman–Crippen MR) is 84.2 cm³/mol. The maximum Gasteiger partial charge on any atom is 0.131 e. The lowest BCUT2D eigenvalue weighted by Gasteiger charge is -2.14. The molecule has 0 saturated heterocycles. The monoisotopic (exact) mass is 275 g/mol. The van der Waals surface area contributed by atoms with Gasteiger partial charge in [0.05, 0.1) is 0 Å². The van der Waals surface area contributed by atoms with Crippen molar-refractivity contribution in [2.75, 3.05) is 13.1 Å². The first kappa shape index (κ1) is 15.4. The second-order valence-electron chi connectivity index (χ2n) is 6.07. The molecule has 112 valence electrons. The second kappa shape index (κ2) is 7.72. The molecule has 1 heterocycles. The number of rotatable bonds is 7. The molecule has 0 spiro atoms. The maximum atomic E-state index is 4.80. The van der Waals surface area contributed by atoms with E-state index in [0.29, 0.717) is 5.92 Å². The van der Waals surface area contributed by atoms with E-state index in [0.717, 1.165) is 25.3 Å². The minimum atomic E-state index is 0.618. The lowest BCUT2D eigenvalue weighted by atomic mass is 10.0. The number of aromatic nitrogens is 2. The average Bonchev–Trinajstić information content (AvgIpc) is 2.95. The van der Waals surface area contributed by atoms with Gasteiger partial charge in [0.15, 0.2) is 0 Å². The highest BCUT2D eigenvalue weighted by Crippen LogP contribution is 2.32. The zero-order valence-electron chi connectivity index (χ0n) is 13.3. The molecular weight excluding hydrogens is 246 g/mol. The van der Waals surface area contributed by atoms with Crippen LogP contribution in [0.3, 0.4) is 0 Å². The largest absolute Gasteiger partial charge is 0.317 e. The third kappa shape index (κ3) is 4.02. The van der Waals surface area contributed by atoms with Gasteiger partial charge in [-0.15, -0.1) is 0 Å². The Kier molecular flexibility index (Phi) is 5.96. The van der Waals surface area contributed by atoms with Crippen LogP contribution in [0.5, 0.6) is 0 Å². The summed E-state index contributed by atoms with van der Waals surface area (Å²) in [5.74, 6) is 1.72. The summed E-state index contributed by atoms with van der Waals surface area (Å²) in [6.45, 7) is 8.73. The SMILES string of the molecule is CCCNCCCc1c(C)nc(C2CCCC2)nc1C. The molecule has 1 aliphatic carbocycles. The van der Waals surface area contributed by atoms with Crippen LogP contribution in [-0.4, -0.2) is 23.1 Å². The summed E-state index contributed by atoms with van der Waals surface area (Å²) >= 11 is 0. The Bertz CT molecular complexity index is 399. The summed E-state index contributed by atoms with van der Waals surface area (Å²) in [5.41, 5.74) is 3.77. The van der Waals surface area contributed by atoms with Crippen molar-refractivity contribution in [3.63, 3.8) is 0 Å².